The van der Waals surface area contributed by atoms with Crippen molar-refractivity contribution in [3.05, 3.63) is 82.9 Å². The normalized spacial score (nSPS) is 15.2. The molecule has 1 saturated heterocycles. The number of Topliss-reactive ketones (excluding diaryl/α,β-unsaturated/α-hetero) is 1. The number of nitrogens with one attached hydrogen (secondary N) is 2. The SMILES string of the molecule is COC(=O)c1ccc(O[C@@H](OC(C)=O)N2CCC[C@H]2C(=O)Cc2ccc(NC(=O)Nc3ccccc3Cl)c(OC)c2)cc1. The number of esters is 2. The Bertz CT molecular complexity index is 1480. The standard InChI is InChI=1S/C31H32ClN3O8/c1-19(36)42-31(43-22-13-11-21(12-14-22)29(38)41-3)35-16-6-9-26(35)27(37)17-20-10-15-25(28(18-20)40-2)34-30(39)33-24-8-5-4-7-23(24)32/h4-5,7-8,10-15,18,26,31H,6,9,16-17H2,1-3H3,(H2,33,34,39)/t26-,31+/m0/s1. The fourth-order valence-corrected chi connectivity index (χ4v) is 4.88. The van der Waals surface area contributed by atoms with E-state index in [0.29, 0.717) is 58.4 Å². The molecule has 0 saturated carbocycles. The number of likely N-dealkylation sites (tertiary alicyclic amines) is 1. The summed E-state index contributed by atoms with van der Waals surface area (Å²) in [4.78, 5) is 51.4. The smallest absolute Gasteiger partial charge is 0.337 e. The van der Waals surface area contributed by atoms with Gasteiger partial charge in [-0.25, -0.2) is 14.5 Å². The Kier molecular flexibility index (Phi) is 10.6. The summed E-state index contributed by atoms with van der Waals surface area (Å²) in [5, 5.41) is 5.82. The van der Waals surface area contributed by atoms with Gasteiger partial charge in [-0.1, -0.05) is 29.8 Å². The highest BCUT2D eigenvalue weighted by molar-refractivity contribution is 6.33. The van der Waals surface area contributed by atoms with Gasteiger partial charge >= 0.3 is 24.4 Å². The van der Waals surface area contributed by atoms with Crippen molar-refractivity contribution < 1.29 is 38.1 Å². The van der Waals surface area contributed by atoms with Gasteiger partial charge in [0.15, 0.2) is 5.78 Å². The monoisotopic (exact) mass is 609 g/mol. The summed E-state index contributed by atoms with van der Waals surface area (Å²) < 4.78 is 21.6. The quantitative estimate of drug-likeness (QED) is 0.220. The number of urea groups is 1. The number of rotatable bonds is 11. The van der Waals surface area contributed by atoms with Crippen LogP contribution in [-0.2, 0) is 25.5 Å². The van der Waals surface area contributed by atoms with Gasteiger partial charge in [0.25, 0.3) is 0 Å². The second-order valence-corrected chi connectivity index (χ2v) is 10.1. The molecule has 0 spiro atoms. The summed E-state index contributed by atoms with van der Waals surface area (Å²) in [6, 6.07) is 17.0. The molecule has 1 aliphatic rings. The van der Waals surface area contributed by atoms with Crippen molar-refractivity contribution in [1.29, 1.82) is 0 Å². The van der Waals surface area contributed by atoms with Crippen molar-refractivity contribution in [2.75, 3.05) is 31.4 Å². The number of para-hydroxylation sites is 1. The van der Waals surface area contributed by atoms with Crippen molar-refractivity contribution in [2.24, 2.45) is 0 Å². The highest BCUT2D eigenvalue weighted by Crippen LogP contribution is 2.29. The molecular formula is C31H32ClN3O8. The minimum atomic E-state index is -1.14. The predicted octanol–water partition coefficient (Wildman–Crippen LogP) is 5.28. The third kappa shape index (κ3) is 8.24. The summed E-state index contributed by atoms with van der Waals surface area (Å²) in [5.41, 5.74) is 1.88. The topological polar surface area (TPSA) is 132 Å². The van der Waals surface area contributed by atoms with Crippen LogP contribution in [0.15, 0.2) is 66.7 Å². The number of carbonyl (C=O) groups excluding carboxylic acids is 4. The van der Waals surface area contributed by atoms with Crippen LogP contribution in [-0.4, -0.2) is 61.9 Å². The van der Waals surface area contributed by atoms with E-state index in [1.54, 1.807) is 59.5 Å². The van der Waals surface area contributed by atoms with Crippen molar-refractivity contribution in [2.45, 2.75) is 38.6 Å². The van der Waals surface area contributed by atoms with Crippen LogP contribution in [0.4, 0.5) is 16.2 Å². The van der Waals surface area contributed by atoms with E-state index in [-0.39, 0.29) is 12.2 Å². The van der Waals surface area contributed by atoms with Gasteiger partial charge in [-0.3, -0.25) is 9.59 Å². The van der Waals surface area contributed by atoms with Gasteiger partial charge in [-0.15, -0.1) is 0 Å². The van der Waals surface area contributed by atoms with Crippen LogP contribution < -0.4 is 20.1 Å². The minimum Gasteiger partial charge on any atom is -0.495 e. The average Bonchev–Trinajstić information content (AvgIpc) is 3.49. The van der Waals surface area contributed by atoms with E-state index in [0.717, 1.165) is 0 Å². The number of benzene rings is 3. The number of anilines is 2. The third-order valence-corrected chi connectivity index (χ3v) is 7.06. The molecule has 2 atom stereocenters. The van der Waals surface area contributed by atoms with E-state index >= 15 is 0 Å². The van der Waals surface area contributed by atoms with E-state index in [1.807, 2.05) is 0 Å². The molecule has 226 valence electrons. The Hall–Kier alpha value is -4.61. The first-order valence-electron chi connectivity index (χ1n) is 13.5. The number of hydrogen-bond acceptors (Lipinski definition) is 9. The summed E-state index contributed by atoms with van der Waals surface area (Å²) in [5.74, 6) is -0.434. The highest BCUT2D eigenvalue weighted by atomic mass is 35.5. The molecule has 0 unspecified atom stereocenters. The molecule has 43 heavy (non-hydrogen) atoms. The molecule has 2 amide bonds. The molecule has 0 radical (unpaired) electrons. The highest BCUT2D eigenvalue weighted by Gasteiger charge is 2.38. The van der Waals surface area contributed by atoms with E-state index in [4.69, 9.17) is 30.5 Å². The lowest BCUT2D eigenvalue weighted by Crippen LogP contribution is -2.48. The zero-order chi connectivity index (χ0) is 30.9. The molecule has 1 aliphatic heterocycles. The number of carbonyl (C=O) groups is 4. The molecule has 12 heteroatoms. The molecular weight excluding hydrogens is 578 g/mol. The summed E-state index contributed by atoms with van der Waals surface area (Å²) in [7, 11) is 2.76. The second kappa shape index (κ2) is 14.5. The Labute approximate surface area is 254 Å². The van der Waals surface area contributed by atoms with Gasteiger partial charge in [0.2, 0.25) is 0 Å². The average molecular weight is 610 g/mol. The summed E-state index contributed by atoms with van der Waals surface area (Å²) in [6.07, 6.45) is 0.186. The molecule has 1 heterocycles. The molecule has 4 rings (SSSR count). The second-order valence-electron chi connectivity index (χ2n) is 9.68. The zero-order valence-corrected chi connectivity index (χ0v) is 24.7. The molecule has 11 nitrogen and oxygen atoms in total. The van der Waals surface area contributed by atoms with Crippen molar-refractivity contribution >= 4 is 46.7 Å². The molecule has 0 bridgehead atoms. The number of amides is 2. The molecule has 0 aliphatic carbocycles. The molecule has 2 N–H and O–H groups in total. The summed E-state index contributed by atoms with van der Waals surface area (Å²) in [6.45, 7) is 1.74. The lowest BCUT2D eigenvalue weighted by molar-refractivity contribution is -0.194. The third-order valence-electron chi connectivity index (χ3n) is 6.73. The Balaban J connectivity index is 1.43. The Morgan fingerprint density at radius 2 is 1.70 bits per heavy atom. The van der Waals surface area contributed by atoms with Gasteiger partial charge in [0.1, 0.15) is 11.5 Å². The maximum absolute atomic E-state index is 13.5. The minimum absolute atomic E-state index is 0.0737. The van der Waals surface area contributed by atoms with Gasteiger partial charge in [-0.05, 0) is 66.9 Å². The lowest BCUT2D eigenvalue weighted by atomic mass is 10.0. The number of methoxy groups -OCH3 is 2. The maximum atomic E-state index is 13.5. The van der Waals surface area contributed by atoms with Crippen molar-refractivity contribution in [3.63, 3.8) is 0 Å². The van der Waals surface area contributed by atoms with Crippen LogP contribution in [0, 0.1) is 0 Å². The summed E-state index contributed by atoms with van der Waals surface area (Å²) >= 11 is 6.12. The number of ether oxygens (including phenoxy) is 4. The number of halogens is 1. The number of ketones is 1. The Morgan fingerprint density at radius 3 is 2.37 bits per heavy atom. The van der Waals surface area contributed by atoms with Crippen LogP contribution in [0.5, 0.6) is 11.5 Å². The lowest BCUT2D eigenvalue weighted by Gasteiger charge is -2.31. The predicted molar refractivity (Wildman–Crippen MR) is 159 cm³/mol. The van der Waals surface area contributed by atoms with Crippen LogP contribution in [0.2, 0.25) is 5.02 Å². The number of hydrogen-bond donors (Lipinski definition) is 2. The van der Waals surface area contributed by atoms with Gasteiger partial charge in [-0.2, -0.15) is 0 Å². The first kappa shape index (κ1) is 31.3. The number of nitrogens with zero attached hydrogens (tertiary/aromatic N) is 1. The van der Waals surface area contributed by atoms with Crippen LogP contribution in [0.1, 0.15) is 35.7 Å². The van der Waals surface area contributed by atoms with Gasteiger partial charge < -0.3 is 29.6 Å². The fourth-order valence-electron chi connectivity index (χ4n) is 4.70. The van der Waals surface area contributed by atoms with E-state index < -0.39 is 30.4 Å². The van der Waals surface area contributed by atoms with Gasteiger partial charge in [0, 0.05) is 19.9 Å². The van der Waals surface area contributed by atoms with E-state index in [1.165, 1.54) is 33.3 Å². The molecule has 3 aromatic rings. The van der Waals surface area contributed by atoms with Crippen LogP contribution in [0.3, 0.4) is 0 Å². The molecule has 1 fully saturated rings. The molecule has 0 aromatic heterocycles. The van der Waals surface area contributed by atoms with E-state index in [2.05, 4.69) is 10.6 Å². The first-order chi connectivity index (χ1) is 20.7. The first-order valence-corrected chi connectivity index (χ1v) is 13.9. The van der Waals surface area contributed by atoms with Crippen molar-refractivity contribution in [3.8, 4) is 11.5 Å². The molecule has 3 aromatic carbocycles. The fraction of sp³-hybridized carbons (Fsp3) is 0.290. The van der Waals surface area contributed by atoms with Gasteiger partial charge in [0.05, 0.1) is 42.2 Å². The van der Waals surface area contributed by atoms with Crippen LogP contribution >= 0.6 is 11.6 Å². The van der Waals surface area contributed by atoms with Crippen molar-refractivity contribution in [1.82, 2.24) is 4.90 Å². The van der Waals surface area contributed by atoms with Crippen LogP contribution in [0.25, 0.3) is 0 Å². The largest absolute Gasteiger partial charge is 0.495 e. The Morgan fingerprint density at radius 1 is 0.977 bits per heavy atom. The maximum Gasteiger partial charge on any atom is 0.337 e. The zero-order valence-electron chi connectivity index (χ0n) is 23.9. The van der Waals surface area contributed by atoms with E-state index in [9.17, 15) is 19.2 Å².